The van der Waals surface area contributed by atoms with Gasteiger partial charge in [-0.1, -0.05) is 60.7 Å². The van der Waals surface area contributed by atoms with Gasteiger partial charge in [-0.05, 0) is 18.1 Å². The highest BCUT2D eigenvalue weighted by Gasteiger charge is 2.24. The maximum atomic E-state index is 6.24. The Labute approximate surface area is 180 Å². The maximum absolute atomic E-state index is 6.24. The van der Waals surface area contributed by atoms with Gasteiger partial charge in [-0.2, -0.15) is 9.97 Å². The van der Waals surface area contributed by atoms with Gasteiger partial charge in [0.2, 0.25) is 5.95 Å². The van der Waals surface area contributed by atoms with Gasteiger partial charge in [0.1, 0.15) is 6.10 Å². The lowest BCUT2D eigenvalue weighted by Crippen LogP contribution is -2.23. The Bertz CT molecular complexity index is 1140. The van der Waals surface area contributed by atoms with Crippen molar-refractivity contribution in [1.29, 1.82) is 0 Å². The van der Waals surface area contributed by atoms with Crippen molar-refractivity contribution in [3.8, 4) is 0 Å². The van der Waals surface area contributed by atoms with Crippen molar-refractivity contribution in [3.63, 3.8) is 0 Å². The predicted molar refractivity (Wildman–Crippen MR) is 119 cm³/mol. The Kier molecular flexibility index (Phi) is 6.30. The lowest BCUT2D eigenvalue weighted by Gasteiger charge is -2.24. The topological polar surface area (TPSA) is 122 Å². The van der Waals surface area contributed by atoms with Crippen LogP contribution in [0.2, 0.25) is 0 Å². The van der Waals surface area contributed by atoms with Crippen LogP contribution in [0.1, 0.15) is 29.8 Å². The molecule has 0 unspecified atom stereocenters. The summed E-state index contributed by atoms with van der Waals surface area (Å²) in [6.45, 7) is 2.81. The number of nitrogen functional groups attached to an aromatic ring is 2. The Balaban J connectivity index is 1.60. The lowest BCUT2D eigenvalue weighted by molar-refractivity contribution is -0.0815. The number of nitrogens with two attached hydrogens (primary N) is 2. The molecule has 0 saturated carbocycles. The number of nitrogens with zero attached hydrogens (tertiary/aromatic N) is 4. The van der Waals surface area contributed by atoms with Crippen LogP contribution in [0.15, 0.2) is 66.9 Å². The molecule has 158 valence electrons. The van der Waals surface area contributed by atoms with E-state index in [2.05, 4.69) is 19.9 Å². The number of hydrogen-bond acceptors (Lipinski definition) is 8. The molecule has 2 aromatic heterocycles. The Morgan fingerprint density at radius 1 is 0.806 bits per heavy atom. The molecule has 2 atom stereocenters. The molecule has 0 aliphatic rings. The normalized spacial score (nSPS) is 13.2. The van der Waals surface area contributed by atoms with Crippen molar-refractivity contribution in [2.24, 2.45) is 0 Å². The fraction of sp³-hybridized carbons (Fsp3) is 0.217. The number of aromatic nitrogens is 4. The molecule has 8 heteroatoms. The molecule has 0 aliphatic carbocycles. The molecular formula is C23H24N6O2. The molecule has 4 N–H and O–H groups in total. The van der Waals surface area contributed by atoms with Crippen LogP contribution >= 0.6 is 0 Å². The van der Waals surface area contributed by atoms with Crippen LogP contribution in [-0.4, -0.2) is 26.0 Å². The van der Waals surface area contributed by atoms with E-state index in [1.54, 1.807) is 6.20 Å². The van der Waals surface area contributed by atoms with E-state index in [0.29, 0.717) is 30.1 Å². The van der Waals surface area contributed by atoms with E-state index in [1.807, 2.05) is 67.6 Å². The summed E-state index contributed by atoms with van der Waals surface area (Å²) in [5, 5.41) is 0. The van der Waals surface area contributed by atoms with Gasteiger partial charge < -0.3 is 20.9 Å². The third-order valence-corrected chi connectivity index (χ3v) is 4.82. The molecule has 0 aliphatic heterocycles. The van der Waals surface area contributed by atoms with E-state index < -0.39 is 6.10 Å². The average molecular weight is 416 g/mol. The van der Waals surface area contributed by atoms with Crippen molar-refractivity contribution >= 4 is 22.9 Å². The molecule has 0 spiro atoms. The van der Waals surface area contributed by atoms with Gasteiger partial charge in [0, 0.05) is 0 Å². The number of ether oxygens (including phenoxy) is 2. The van der Waals surface area contributed by atoms with E-state index in [-0.39, 0.29) is 17.9 Å². The summed E-state index contributed by atoms with van der Waals surface area (Å²) in [5.41, 5.74) is 15.1. The number of anilines is 2. The minimum Gasteiger partial charge on any atom is -0.382 e. The Morgan fingerprint density at radius 3 is 2.06 bits per heavy atom. The highest BCUT2D eigenvalue weighted by molar-refractivity contribution is 5.81. The first-order valence-electron chi connectivity index (χ1n) is 9.97. The second-order valence-corrected chi connectivity index (χ2v) is 7.15. The zero-order valence-corrected chi connectivity index (χ0v) is 17.2. The third kappa shape index (κ3) is 5.11. The molecule has 4 aromatic rings. The summed E-state index contributed by atoms with van der Waals surface area (Å²) >= 11 is 0. The second kappa shape index (κ2) is 9.46. The van der Waals surface area contributed by atoms with Gasteiger partial charge in [0.05, 0.1) is 31.2 Å². The fourth-order valence-electron chi connectivity index (χ4n) is 3.21. The number of hydrogen-bond donors (Lipinski definition) is 2. The van der Waals surface area contributed by atoms with Crippen molar-refractivity contribution in [3.05, 3.63) is 83.7 Å². The molecule has 2 aromatic carbocycles. The van der Waals surface area contributed by atoms with Crippen molar-refractivity contribution in [2.45, 2.75) is 32.3 Å². The first-order chi connectivity index (χ1) is 15.1. The summed E-state index contributed by atoms with van der Waals surface area (Å²) in [6, 6.07) is 19.9. The van der Waals surface area contributed by atoms with E-state index in [4.69, 9.17) is 20.9 Å². The highest BCUT2D eigenvalue weighted by Crippen LogP contribution is 2.26. The molecule has 31 heavy (non-hydrogen) atoms. The van der Waals surface area contributed by atoms with Gasteiger partial charge in [0.15, 0.2) is 17.0 Å². The van der Waals surface area contributed by atoms with Crippen molar-refractivity contribution in [1.82, 2.24) is 19.9 Å². The van der Waals surface area contributed by atoms with Crippen LogP contribution in [0.3, 0.4) is 0 Å². The zero-order chi connectivity index (χ0) is 21.6. The number of fused-ring (bicyclic) bond motifs is 1. The number of rotatable bonds is 8. The molecule has 0 fully saturated rings. The molecule has 0 saturated heterocycles. The molecule has 2 heterocycles. The first kappa shape index (κ1) is 20.6. The van der Waals surface area contributed by atoms with Crippen LogP contribution in [0.4, 0.5) is 11.8 Å². The predicted octanol–water partition coefficient (Wildman–Crippen LogP) is 3.45. The average Bonchev–Trinajstić information content (AvgIpc) is 2.79. The molecule has 0 bridgehead atoms. The quantitative estimate of drug-likeness (QED) is 0.448. The fourth-order valence-corrected chi connectivity index (χ4v) is 3.21. The van der Waals surface area contributed by atoms with Crippen LogP contribution in [0.25, 0.3) is 11.2 Å². The van der Waals surface area contributed by atoms with Crippen molar-refractivity contribution in [2.75, 3.05) is 11.5 Å². The Morgan fingerprint density at radius 2 is 1.42 bits per heavy atom. The number of benzene rings is 2. The van der Waals surface area contributed by atoms with E-state index in [1.165, 1.54) is 0 Å². The molecule has 8 nitrogen and oxygen atoms in total. The minimum absolute atomic E-state index is 0.0588. The summed E-state index contributed by atoms with van der Waals surface area (Å²) in [4.78, 5) is 17.1. The van der Waals surface area contributed by atoms with Crippen LogP contribution in [-0.2, 0) is 22.7 Å². The van der Waals surface area contributed by atoms with Gasteiger partial charge >= 0.3 is 0 Å². The standard InChI is InChI=1S/C23H24N6O2/c1-15(30-13-16-8-4-2-5-9-16)20(31-14-17-10-6-3-7-11-17)18-12-26-22-19(27-18)21(24)28-23(25)29-22/h2-12,15,20H,13-14H2,1H3,(H4,24,25,26,28,29)/t15-,20-/m0/s1. The van der Waals surface area contributed by atoms with Gasteiger partial charge in [-0.15, -0.1) is 0 Å². The largest absolute Gasteiger partial charge is 0.382 e. The molecule has 0 amide bonds. The first-order valence-corrected chi connectivity index (χ1v) is 9.97. The van der Waals surface area contributed by atoms with Crippen LogP contribution in [0, 0.1) is 0 Å². The highest BCUT2D eigenvalue weighted by atomic mass is 16.5. The third-order valence-electron chi connectivity index (χ3n) is 4.82. The Hall–Kier alpha value is -3.62. The summed E-state index contributed by atoms with van der Waals surface area (Å²) in [6.07, 6.45) is 0.844. The summed E-state index contributed by atoms with van der Waals surface area (Å²) in [7, 11) is 0. The zero-order valence-electron chi connectivity index (χ0n) is 17.2. The smallest absolute Gasteiger partial charge is 0.224 e. The monoisotopic (exact) mass is 416 g/mol. The molecular weight excluding hydrogens is 392 g/mol. The summed E-state index contributed by atoms with van der Waals surface area (Å²) in [5.74, 6) is 0.236. The molecule has 4 rings (SSSR count). The van der Waals surface area contributed by atoms with E-state index >= 15 is 0 Å². The van der Waals surface area contributed by atoms with Crippen LogP contribution < -0.4 is 11.5 Å². The minimum atomic E-state index is -0.474. The summed E-state index contributed by atoms with van der Waals surface area (Å²) < 4.78 is 12.4. The van der Waals surface area contributed by atoms with E-state index in [9.17, 15) is 0 Å². The second-order valence-electron chi connectivity index (χ2n) is 7.15. The van der Waals surface area contributed by atoms with Crippen molar-refractivity contribution < 1.29 is 9.47 Å². The maximum Gasteiger partial charge on any atom is 0.224 e. The SMILES string of the molecule is C[C@H](OCc1ccccc1)[C@H](OCc1ccccc1)c1cnc2nc(N)nc(N)c2n1. The molecule has 0 radical (unpaired) electrons. The van der Waals surface area contributed by atoms with Gasteiger partial charge in [-0.3, -0.25) is 0 Å². The van der Waals surface area contributed by atoms with E-state index in [0.717, 1.165) is 11.1 Å². The lowest BCUT2D eigenvalue weighted by atomic mass is 10.1. The van der Waals surface area contributed by atoms with Crippen LogP contribution in [0.5, 0.6) is 0 Å². The van der Waals surface area contributed by atoms with Gasteiger partial charge in [-0.25, -0.2) is 9.97 Å². The van der Waals surface area contributed by atoms with Gasteiger partial charge in [0.25, 0.3) is 0 Å².